The highest BCUT2D eigenvalue weighted by molar-refractivity contribution is 9.11. The smallest absolute Gasteiger partial charge is 0.343 e. The molecule has 3 fully saturated rings. The molecule has 3 aromatic rings. The number of benzene rings is 2. The molecule has 0 bridgehead atoms. The van der Waals surface area contributed by atoms with Crippen molar-refractivity contribution in [2.24, 2.45) is 0 Å². The van der Waals surface area contributed by atoms with Crippen molar-refractivity contribution in [3.63, 3.8) is 0 Å². The van der Waals surface area contributed by atoms with E-state index in [0.717, 1.165) is 50.1 Å². The van der Waals surface area contributed by atoms with E-state index in [0.29, 0.717) is 59.8 Å². The van der Waals surface area contributed by atoms with Crippen LogP contribution in [-0.2, 0) is 11.2 Å². The molecule has 0 spiro atoms. The molecule has 3 amide bonds. The molecule has 2 aromatic carbocycles. The first-order valence-electron chi connectivity index (χ1n) is 16.3. The number of amides is 3. The van der Waals surface area contributed by atoms with Gasteiger partial charge in [-0.15, -0.1) is 5.10 Å². The summed E-state index contributed by atoms with van der Waals surface area (Å²) < 4.78 is 2.52. The summed E-state index contributed by atoms with van der Waals surface area (Å²) >= 11 is 6.79. The molecular formula is C33H42Br2N8O4. The number of hydrogen-bond acceptors (Lipinski definition) is 7. The fourth-order valence-corrected chi connectivity index (χ4v) is 8.20. The number of aromatic amines is 1. The molecule has 47 heavy (non-hydrogen) atoms. The van der Waals surface area contributed by atoms with Crippen molar-refractivity contribution in [3.8, 4) is 17.1 Å². The lowest BCUT2D eigenvalue weighted by Crippen LogP contribution is -2.59. The Morgan fingerprint density at radius 1 is 0.915 bits per heavy atom. The van der Waals surface area contributed by atoms with Crippen molar-refractivity contribution >= 4 is 43.8 Å². The standard InChI is InChI=1S/C33H42Br2N8O4/c1-39-11-7-24(8-12-39)40-15-17-41(18-16-40)31(45)28(21-22-19-26(34)29(44)27(35)20-22)36-32(46)42-13-9-25(10-14-42)43-33(47)37-30(38-43)23-5-3-2-4-6-23/h2-6,19-20,24-25,28,44H,7-18,21H2,1H3,(H,36,46)(H,37,38,47)/t28-/m0/s1. The SMILES string of the molecule is CN1CCC(N2CCN(C(=O)[C@H](Cc3cc(Br)c(O)c(Br)c3)NC(=O)N3CCC(n4nc(-c5ccccc5)[nH]c4=O)CC3)CC2)CC1. The van der Waals surface area contributed by atoms with Gasteiger partial charge in [-0.05, 0) is 95.4 Å². The quantitative estimate of drug-likeness (QED) is 0.335. The molecule has 1 aromatic heterocycles. The zero-order valence-electron chi connectivity index (χ0n) is 26.6. The van der Waals surface area contributed by atoms with Gasteiger partial charge in [0, 0.05) is 57.3 Å². The first-order valence-corrected chi connectivity index (χ1v) is 17.9. The maximum atomic E-state index is 14.0. The highest BCUT2D eigenvalue weighted by Gasteiger charge is 2.34. The lowest BCUT2D eigenvalue weighted by atomic mass is 10.0. The van der Waals surface area contributed by atoms with Gasteiger partial charge in [0.15, 0.2) is 5.82 Å². The molecule has 0 unspecified atom stereocenters. The molecule has 0 saturated carbocycles. The fraction of sp³-hybridized carbons (Fsp3) is 0.515. The van der Waals surface area contributed by atoms with Crippen molar-refractivity contribution in [3.05, 3.63) is 67.5 Å². The molecular weight excluding hydrogens is 732 g/mol. The van der Waals surface area contributed by atoms with Gasteiger partial charge >= 0.3 is 11.7 Å². The second-order valence-electron chi connectivity index (χ2n) is 12.8. The highest BCUT2D eigenvalue weighted by Crippen LogP contribution is 2.34. The Kier molecular flexibility index (Phi) is 10.7. The molecule has 1 atom stereocenters. The monoisotopic (exact) mass is 772 g/mol. The van der Waals surface area contributed by atoms with Gasteiger partial charge in [0.1, 0.15) is 11.8 Å². The van der Waals surface area contributed by atoms with Gasteiger partial charge in [-0.1, -0.05) is 30.3 Å². The molecule has 3 aliphatic heterocycles. The van der Waals surface area contributed by atoms with E-state index in [9.17, 15) is 19.5 Å². The molecule has 3 saturated heterocycles. The Morgan fingerprint density at radius 2 is 1.53 bits per heavy atom. The molecule has 0 radical (unpaired) electrons. The molecule has 14 heteroatoms. The maximum absolute atomic E-state index is 14.0. The summed E-state index contributed by atoms with van der Waals surface area (Å²) in [6.45, 7) is 5.95. The average Bonchev–Trinajstić information content (AvgIpc) is 3.48. The minimum Gasteiger partial charge on any atom is -0.506 e. The van der Waals surface area contributed by atoms with Gasteiger partial charge in [-0.3, -0.25) is 14.7 Å². The van der Waals surface area contributed by atoms with E-state index in [2.05, 4.69) is 64.1 Å². The van der Waals surface area contributed by atoms with Gasteiger partial charge < -0.3 is 25.1 Å². The van der Waals surface area contributed by atoms with Crippen LogP contribution >= 0.6 is 31.9 Å². The third kappa shape index (κ3) is 7.93. The van der Waals surface area contributed by atoms with Crippen LogP contribution < -0.4 is 11.0 Å². The predicted octanol–water partition coefficient (Wildman–Crippen LogP) is 3.67. The van der Waals surface area contributed by atoms with E-state index < -0.39 is 6.04 Å². The van der Waals surface area contributed by atoms with Crippen molar-refractivity contribution in [2.75, 3.05) is 59.4 Å². The second kappa shape index (κ2) is 14.9. The van der Waals surface area contributed by atoms with Crippen LogP contribution in [0.3, 0.4) is 0 Å². The third-order valence-corrected chi connectivity index (χ3v) is 10.9. The van der Waals surface area contributed by atoms with Crippen molar-refractivity contribution in [1.29, 1.82) is 0 Å². The maximum Gasteiger partial charge on any atom is 0.343 e. The van der Waals surface area contributed by atoms with Crippen LogP contribution in [0.15, 0.2) is 56.2 Å². The zero-order chi connectivity index (χ0) is 33.1. The van der Waals surface area contributed by atoms with E-state index in [1.54, 1.807) is 17.0 Å². The van der Waals surface area contributed by atoms with Crippen LogP contribution in [0.25, 0.3) is 11.4 Å². The van der Waals surface area contributed by atoms with E-state index >= 15 is 0 Å². The van der Waals surface area contributed by atoms with E-state index in [4.69, 9.17) is 0 Å². The van der Waals surface area contributed by atoms with Crippen molar-refractivity contribution < 1.29 is 14.7 Å². The molecule has 252 valence electrons. The second-order valence-corrected chi connectivity index (χ2v) is 14.5. The number of nitrogens with zero attached hydrogens (tertiary/aromatic N) is 6. The van der Waals surface area contributed by atoms with Crippen LogP contribution in [-0.4, -0.2) is 123 Å². The van der Waals surface area contributed by atoms with Gasteiger partial charge in [0.2, 0.25) is 5.91 Å². The Bertz CT molecular complexity index is 1580. The number of hydrogen-bond donors (Lipinski definition) is 3. The fourth-order valence-electron chi connectivity index (χ4n) is 6.92. The van der Waals surface area contributed by atoms with Crippen LogP contribution in [0.1, 0.15) is 37.3 Å². The summed E-state index contributed by atoms with van der Waals surface area (Å²) in [7, 11) is 2.16. The number of halogens is 2. The van der Waals surface area contributed by atoms with Gasteiger partial charge in [-0.25, -0.2) is 14.3 Å². The van der Waals surface area contributed by atoms with Crippen LogP contribution in [0.4, 0.5) is 4.79 Å². The number of urea groups is 1. The topological polar surface area (TPSA) is 130 Å². The summed E-state index contributed by atoms with van der Waals surface area (Å²) in [4.78, 5) is 51.7. The lowest BCUT2D eigenvalue weighted by molar-refractivity contribution is -0.135. The van der Waals surface area contributed by atoms with E-state index in [1.165, 1.54) is 4.68 Å². The molecule has 4 heterocycles. The molecule has 3 aliphatic rings. The average molecular weight is 775 g/mol. The molecule has 0 aliphatic carbocycles. The van der Waals surface area contributed by atoms with E-state index in [-0.39, 0.29) is 35.8 Å². The van der Waals surface area contributed by atoms with Crippen LogP contribution in [0, 0.1) is 0 Å². The Balaban J connectivity index is 1.10. The number of phenols is 1. The summed E-state index contributed by atoms with van der Waals surface area (Å²) in [5.74, 6) is 0.505. The number of carbonyl (C=O) groups is 2. The van der Waals surface area contributed by atoms with Gasteiger partial charge in [-0.2, -0.15) is 0 Å². The lowest BCUT2D eigenvalue weighted by Gasteiger charge is -2.43. The van der Waals surface area contributed by atoms with Crippen LogP contribution in [0.5, 0.6) is 5.75 Å². The first kappa shape index (κ1) is 33.7. The molecule has 12 nitrogen and oxygen atoms in total. The minimum atomic E-state index is -0.777. The van der Waals surface area contributed by atoms with E-state index in [1.807, 2.05) is 35.2 Å². The summed E-state index contributed by atoms with van der Waals surface area (Å²) in [5, 5.41) is 17.8. The number of likely N-dealkylation sites (tertiary alicyclic amines) is 2. The highest BCUT2D eigenvalue weighted by atomic mass is 79.9. The molecule has 6 rings (SSSR count). The Morgan fingerprint density at radius 3 is 2.17 bits per heavy atom. The number of phenolic OH excluding ortho intramolecular Hbond substituents is 1. The van der Waals surface area contributed by atoms with Gasteiger partial charge in [0.25, 0.3) is 0 Å². The number of carbonyl (C=O) groups excluding carboxylic acids is 2. The largest absolute Gasteiger partial charge is 0.506 e. The Labute approximate surface area is 291 Å². The predicted molar refractivity (Wildman–Crippen MR) is 186 cm³/mol. The number of aromatic nitrogens is 3. The van der Waals surface area contributed by atoms with Gasteiger partial charge in [0.05, 0.1) is 15.0 Å². The number of nitrogens with one attached hydrogen (secondary N) is 2. The number of rotatable bonds is 7. The third-order valence-electron chi connectivity index (χ3n) is 9.73. The summed E-state index contributed by atoms with van der Waals surface area (Å²) in [5.41, 5.74) is 1.38. The van der Waals surface area contributed by atoms with Crippen molar-refractivity contribution in [1.82, 2.24) is 39.7 Å². The first-order chi connectivity index (χ1) is 22.7. The Hall–Kier alpha value is -3.20. The normalized spacial score (nSPS) is 19.6. The number of H-pyrrole nitrogens is 1. The van der Waals surface area contributed by atoms with Crippen molar-refractivity contribution in [2.45, 2.75) is 50.2 Å². The molecule has 3 N–H and O–H groups in total. The minimum absolute atomic E-state index is 0.0838. The van der Waals surface area contributed by atoms with Crippen LogP contribution in [0.2, 0.25) is 0 Å². The number of piperazine rings is 1. The zero-order valence-corrected chi connectivity index (χ0v) is 29.7. The summed E-state index contributed by atoms with van der Waals surface area (Å²) in [6, 6.07) is 12.4. The number of aromatic hydroxyl groups is 1. The number of piperidine rings is 2. The summed E-state index contributed by atoms with van der Waals surface area (Å²) in [6.07, 6.45) is 3.71.